The van der Waals surface area contributed by atoms with E-state index in [0.29, 0.717) is 23.7 Å². The molecule has 1 amide bonds. The van der Waals surface area contributed by atoms with Crippen LogP contribution in [0.25, 0.3) is 0 Å². The maximum absolute atomic E-state index is 12.9. The van der Waals surface area contributed by atoms with Gasteiger partial charge in [-0.15, -0.1) is 0 Å². The molecule has 0 saturated carbocycles. The lowest BCUT2D eigenvalue weighted by atomic mass is 10.1. The molecule has 1 N–H and O–H groups in total. The third-order valence-corrected chi connectivity index (χ3v) is 4.68. The van der Waals surface area contributed by atoms with Crippen LogP contribution in [0.5, 0.6) is 5.75 Å². The number of nitrogens with one attached hydrogen (secondary N) is 1. The first-order valence-electron chi connectivity index (χ1n) is 9.08. The number of ether oxygens (including phenoxy) is 1. The number of methoxy groups -OCH3 is 1. The van der Waals surface area contributed by atoms with Crippen molar-refractivity contribution in [1.29, 1.82) is 0 Å². The highest BCUT2D eigenvalue weighted by Gasteiger charge is 2.21. The van der Waals surface area contributed by atoms with Gasteiger partial charge in [0.25, 0.3) is 11.6 Å². The molecule has 1 saturated heterocycles. The molecular weight excluding hydrogens is 374 g/mol. The molecule has 1 heterocycles. The summed E-state index contributed by atoms with van der Waals surface area (Å²) in [6.07, 6.45) is 0. The van der Waals surface area contributed by atoms with Crippen molar-refractivity contribution in [3.8, 4) is 5.75 Å². The Kier molecular flexibility index (Phi) is 6.08. The first-order valence-corrected chi connectivity index (χ1v) is 9.08. The van der Waals surface area contributed by atoms with Crippen LogP contribution >= 0.6 is 0 Å². The number of nitrogens with zero attached hydrogens (tertiary/aromatic N) is 4. The van der Waals surface area contributed by atoms with Gasteiger partial charge in [0, 0.05) is 44.0 Å². The molecule has 9 nitrogen and oxygen atoms in total. The number of non-ortho nitro benzene ring substituents is 1. The molecule has 29 heavy (non-hydrogen) atoms. The average molecular weight is 397 g/mol. The van der Waals surface area contributed by atoms with E-state index in [-0.39, 0.29) is 11.3 Å². The highest BCUT2D eigenvalue weighted by molar-refractivity contribution is 6.08. The van der Waals surface area contributed by atoms with Gasteiger partial charge in [-0.1, -0.05) is 6.07 Å². The van der Waals surface area contributed by atoms with Crippen LogP contribution in [0.2, 0.25) is 0 Å². The third kappa shape index (κ3) is 4.88. The van der Waals surface area contributed by atoms with Gasteiger partial charge in [-0.2, -0.15) is 0 Å². The van der Waals surface area contributed by atoms with Gasteiger partial charge in [0.15, 0.2) is 0 Å². The predicted octanol–water partition coefficient (Wildman–Crippen LogP) is 2.76. The number of hydrogen-bond donors (Lipinski definition) is 1. The molecule has 2 aromatic carbocycles. The van der Waals surface area contributed by atoms with Gasteiger partial charge in [-0.3, -0.25) is 19.8 Å². The fourth-order valence-corrected chi connectivity index (χ4v) is 2.97. The van der Waals surface area contributed by atoms with Gasteiger partial charge in [0.2, 0.25) is 0 Å². The number of amidine groups is 1. The van der Waals surface area contributed by atoms with E-state index < -0.39 is 10.8 Å². The van der Waals surface area contributed by atoms with E-state index in [1.807, 2.05) is 19.0 Å². The Morgan fingerprint density at radius 1 is 1.21 bits per heavy atom. The molecule has 1 fully saturated rings. The molecule has 3 rings (SSSR count). The zero-order chi connectivity index (χ0) is 21.0. The van der Waals surface area contributed by atoms with Gasteiger partial charge in [-0.25, -0.2) is 4.99 Å². The highest BCUT2D eigenvalue weighted by atomic mass is 16.6. The van der Waals surface area contributed by atoms with Crippen molar-refractivity contribution >= 4 is 28.8 Å². The molecule has 9 heteroatoms. The highest BCUT2D eigenvalue weighted by Crippen LogP contribution is 2.27. The number of hydrogen-bond acceptors (Lipinski definition) is 6. The Morgan fingerprint density at radius 3 is 2.72 bits per heavy atom. The van der Waals surface area contributed by atoms with Crippen LogP contribution < -0.4 is 10.1 Å². The minimum absolute atomic E-state index is 0.135. The number of carbonyl (C=O) groups is 1. The fourth-order valence-electron chi connectivity index (χ4n) is 2.97. The van der Waals surface area contributed by atoms with Crippen LogP contribution in [0.3, 0.4) is 0 Å². The number of rotatable bonds is 5. The molecule has 0 bridgehead atoms. The predicted molar refractivity (Wildman–Crippen MR) is 111 cm³/mol. The molecule has 2 aromatic rings. The molecule has 0 aliphatic carbocycles. The van der Waals surface area contributed by atoms with Crippen LogP contribution in [0.4, 0.5) is 17.1 Å². The minimum Gasteiger partial charge on any atom is -0.497 e. The smallest absolute Gasteiger partial charge is 0.270 e. The zero-order valence-electron chi connectivity index (χ0n) is 16.6. The fraction of sp³-hybridized carbons (Fsp3) is 0.300. The van der Waals surface area contributed by atoms with E-state index in [1.54, 1.807) is 24.3 Å². The van der Waals surface area contributed by atoms with Crippen LogP contribution in [-0.2, 0) is 0 Å². The number of aliphatic imine (C=N–C) groups is 1. The van der Waals surface area contributed by atoms with Gasteiger partial charge >= 0.3 is 0 Å². The number of nitro groups is 1. The average Bonchev–Trinajstić information content (AvgIpc) is 2.71. The third-order valence-electron chi connectivity index (χ3n) is 4.68. The number of benzene rings is 2. The van der Waals surface area contributed by atoms with Crippen molar-refractivity contribution < 1.29 is 14.5 Å². The number of anilines is 1. The zero-order valence-corrected chi connectivity index (χ0v) is 16.6. The number of piperazine rings is 1. The van der Waals surface area contributed by atoms with E-state index in [1.165, 1.54) is 25.3 Å². The van der Waals surface area contributed by atoms with Crippen molar-refractivity contribution in [3.63, 3.8) is 0 Å². The summed E-state index contributed by atoms with van der Waals surface area (Å²) in [6.45, 7) is 2.36. The van der Waals surface area contributed by atoms with Crippen molar-refractivity contribution in [3.05, 3.63) is 58.1 Å². The van der Waals surface area contributed by atoms with Crippen molar-refractivity contribution in [2.24, 2.45) is 4.99 Å². The summed E-state index contributed by atoms with van der Waals surface area (Å²) in [5.74, 6) is 0.908. The summed E-state index contributed by atoms with van der Waals surface area (Å²) < 4.78 is 5.17. The SMILES string of the molecule is COc1cccc(NC(=O)c2cc([N+](=O)[O-])ccc2/N=C2\CN(C)CCN2C)c1. The number of amides is 1. The second-order valence-electron chi connectivity index (χ2n) is 6.83. The molecule has 0 aromatic heterocycles. The van der Waals surface area contributed by atoms with Crippen LogP contribution in [0, 0.1) is 10.1 Å². The summed E-state index contributed by atoms with van der Waals surface area (Å²) in [5.41, 5.74) is 0.872. The Hall–Kier alpha value is -3.46. The molecule has 0 spiro atoms. The molecule has 0 radical (unpaired) electrons. The normalized spacial score (nSPS) is 16.0. The Bertz CT molecular complexity index is 960. The van der Waals surface area contributed by atoms with Crippen molar-refractivity contribution in [2.75, 3.05) is 46.2 Å². The molecule has 1 aliphatic rings. The molecule has 0 unspecified atom stereocenters. The van der Waals surface area contributed by atoms with Gasteiger partial charge in [0.05, 0.1) is 29.8 Å². The van der Waals surface area contributed by atoms with Gasteiger partial charge in [0.1, 0.15) is 11.6 Å². The van der Waals surface area contributed by atoms with E-state index in [9.17, 15) is 14.9 Å². The molecule has 0 atom stereocenters. The summed E-state index contributed by atoms with van der Waals surface area (Å²) in [5, 5.41) is 14.0. The van der Waals surface area contributed by atoms with Crippen LogP contribution in [0.1, 0.15) is 10.4 Å². The standard InChI is InChI=1S/C20H23N5O4/c1-23-9-10-24(2)19(13-23)22-18-8-7-15(25(27)28)12-17(18)20(26)21-14-5-4-6-16(11-14)29-3/h4-8,11-12H,9-10,13H2,1-3H3,(H,21,26)/b22-19+. The van der Waals surface area contributed by atoms with Gasteiger partial charge in [-0.05, 0) is 25.2 Å². The van der Waals surface area contributed by atoms with E-state index >= 15 is 0 Å². The van der Waals surface area contributed by atoms with E-state index in [4.69, 9.17) is 4.74 Å². The Labute approximate surface area is 168 Å². The summed E-state index contributed by atoms with van der Waals surface area (Å²) in [7, 11) is 5.47. The van der Waals surface area contributed by atoms with E-state index in [2.05, 4.69) is 15.2 Å². The molecular formula is C20H23N5O4. The second kappa shape index (κ2) is 8.70. The lowest BCUT2D eigenvalue weighted by Crippen LogP contribution is -2.46. The first-order chi connectivity index (χ1) is 13.9. The maximum Gasteiger partial charge on any atom is 0.270 e. The Morgan fingerprint density at radius 2 is 2.00 bits per heavy atom. The number of carbonyl (C=O) groups excluding carboxylic acids is 1. The van der Waals surface area contributed by atoms with Crippen molar-refractivity contribution in [1.82, 2.24) is 9.80 Å². The maximum atomic E-state index is 12.9. The van der Waals surface area contributed by atoms with Crippen molar-refractivity contribution in [2.45, 2.75) is 0 Å². The quantitative estimate of drug-likeness (QED) is 0.615. The Balaban J connectivity index is 1.97. The lowest BCUT2D eigenvalue weighted by Gasteiger charge is -2.32. The largest absolute Gasteiger partial charge is 0.497 e. The van der Waals surface area contributed by atoms with Gasteiger partial charge < -0.3 is 15.0 Å². The summed E-state index contributed by atoms with van der Waals surface area (Å²) in [4.78, 5) is 32.4. The monoisotopic (exact) mass is 397 g/mol. The van der Waals surface area contributed by atoms with Crippen LogP contribution in [-0.4, -0.2) is 67.3 Å². The molecule has 152 valence electrons. The lowest BCUT2D eigenvalue weighted by molar-refractivity contribution is -0.384. The van der Waals surface area contributed by atoms with Crippen LogP contribution in [0.15, 0.2) is 47.5 Å². The summed E-state index contributed by atoms with van der Waals surface area (Å²) >= 11 is 0. The van der Waals surface area contributed by atoms with E-state index in [0.717, 1.165) is 18.9 Å². The topological polar surface area (TPSA) is 100 Å². The molecule has 1 aliphatic heterocycles. The first kappa shape index (κ1) is 20.3. The second-order valence-corrected chi connectivity index (χ2v) is 6.83. The minimum atomic E-state index is -0.528. The number of nitro benzene ring substituents is 1. The number of likely N-dealkylation sites (N-methyl/N-ethyl adjacent to an activating group) is 2. The summed E-state index contributed by atoms with van der Waals surface area (Å²) in [6, 6.07) is 11.0.